The van der Waals surface area contributed by atoms with Gasteiger partial charge < -0.3 is 5.32 Å². The molecule has 0 aliphatic heterocycles. The van der Waals surface area contributed by atoms with Gasteiger partial charge in [0.15, 0.2) is 0 Å². The fraction of sp³-hybridized carbons (Fsp3) is 0.750. The lowest BCUT2D eigenvalue weighted by Crippen LogP contribution is -2.39. The van der Waals surface area contributed by atoms with Crippen molar-refractivity contribution in [3.05, 3.63) is 16.6 Å². The van der Waals surface area contributed by atoms with Crippen molar-refractivity contribution in [2.24, 2.45) is 0 Å². The number of nitrogens with one attached hydrogen (secondary N) is 1. The lowest BCUT2D eigenvalue weighted by atomic mass is 10.2. The van der Waals surface area contributed by atoms with Crippen LogP contribution < -0.4 is 5.32 Å². The number of hydrogen-bond donors (Lipinski definition) is 1. The summed E-state index contributed by atoms with van der Waals surface area (Å²) in [5.41, 5.74) is 1.90. The molecule has 4 heteroatoms. The molecule has 0 saturated heterocycles. The Morgan fingerprint density at radius 2 is 2.31 bits per heavy atom. The summed E-state index contributed by atoms with van der Waals surface area (Å²) in [6.45, 7) is 5.55. The molecule has 2 unspecified atom stereocenters. The van der Waals surface area contributed by atoms with Crippen LogP contribution in [0.25, 0.3) is 0 Å². The zero-order valence-electron chi connectivity index (χ0n) is 10.3. The molecule has 0 bridgehead atoms. The highest BCUT2D eigenvalue weighted by molar-refractivity contribution is 7.09. The fourth-order valence-corrected chi connectivity index (χ4v) is 2.53. The van der Waals surface area contributed by atoms with E-state index < -0.39 is 0 Å². The molecule has 0 radical (unpaired) electrons. The summed E-state index contributed by atoms with van der Waals surface area (Å²) in [6.07, 6.45) is 4.72. The summed E-state index contributed by atoms with van der Waals surface area (Å²) in [5, 5.41) is 3.58. The van der Waals surface area contributed by atoms with Crippen LogP contribution in [-0.2, 0) is 0 Å². The number of hydrogen-bond acceptors (Lipinski definition) is 4. The molecule has 2 rings (SSSR count). The van der Waals surface area contributed by atoms with Crippen LogP contribution in [0.2, 0.25) is 0 Å². The second-order valence-corrected chi connectivity index (χ2v) is 5.70. The van der Waals surface area contributed by atoms with Crippen molar-refractivity contribution in [3.8, 4) is 0 Å². The van der Waals surface area contributed by atoms with E-state index in [0.717, 1.165) is 12.6 Å². The van der Waals surface area contributed by atoms with Gasteiger partial charge in [0.05, 0.1) is 5.51 Å². The van der Waals surface area contributed by atoms with Crippen LogP contribution in [0.15, 0.2) is 11.7 Å². The molecule has 1 aromatic heterocycles. The average molecular weight is 239 g/mol. The van der Waals surface area contributed by atoms with Gasteiger partial charge in [0.25, 0.3) is 0 Å². The van der Waals surface area contributed by atoms with Crippen LogP contribution in [-0.4, -0.2) is 35.6 Å². The van der Waals surface area contributed by atoms with E-state index in [1.807, 2.05) is 11.7 Å². The Morgan fingerprint density at radius 1 is 1.56 bits per heavy atom. The second kappa shape index (κ2) is 5.25. The highest BCUT2D eigenvalue weighted by atomic mass is 32.1. The Labute approximate surface area is 102 Å². The molecule has 16 heavy (non-hydrogen) atoms. The number of aromatic nitrogens is 1. The van der Waals surface area contributed by atoms with Gasteiger partial charge in [0, 0.05) is 35.7 Å². The van der Waals surface area contributed by atoms with Crippen LogP contribution in [0.1, 0.15) is 37.6 Å². The standard InChI is InChI=1S/C12H21N3S/c1-9(15(3)11-4-5-11)6-14-10(2)12-7-13-8-16-12/h7-11,14H,4-6H2,1-3H3. The van der Waals surface area contributed by atoms with Gasteiger partial charge in [-0.15, -0.1) is 11.3 Å². The molecule has 1 heterocycles. The maximum Gasteiger partial charge on any atom is 0.0794 e. The maximum absolute atomic E-state index is 4.11. The smallest absolute Gasteiger partial charge is 0.0794 e. The van der Waals surface area contributed by atoms with E-state index in [1.54, 1.807) is 11.3 Å². The molecule has 1 aromatic rings. The summed E-state index contributed by atoms with van der Waals surface area (Å²) >= 11 is 1.72. The predicted octanol–water partition coefficient (Wildman–Crippen LogP) is 2.28. The molecule has 2 atom stereocenters. The third kappa shape index (κ3) is 3.03. The minimum atomic E-state index is 0.419. The van der Waals surface area contributed by atoms with Gasteiger partial charge in [-0.1, -0.05) is 0 Å². The summed E-state index contributed by atoms with van der Waals surface area (Å²) in [5.74, 6) is 0. The van der Waals surface area contributed by atoms with Crippen molar-refractivity contribution in [3.63, 3.8) is 0 Å². The lowest BCUT2D eigenvalue weighted by molar-refractivity contribution is 0.237. The van der Waals surface area contributed by atoms with E-state index in [0.29, 0.717) is 12.1 Å². The minimum absolute atomic E-state index is 0.419. The normalized spacial score (nSPS) is 20.0. The van der Waals surface area contributed by atoms with Gasteiger partial charge in [-0.2, -0.15) is 0 Å². The van der Waals surface area contributed by atoms with Crippen molar-refractivity contribution in [1.82, 2.24) is 15.2 Å². The first-order valence-electron chi connectivity index (χ1n) is 6.02. The van der Waals surface area contributed by atoms with Crippen LogP contribution in [0.5, 0.6) is 0 Å². The van der Waals surface area contributed by atoms with E-state index in [2.05, 4.69) is 36.1 Å². The van der Waals surface area contributed by atoms with Crippen molar-refractivity contribution in [2.45, 2.75) is 44.8 Å². The SMILES string of the molecule is CC(NCC(C)N(C)C1CC1)c1cncs1. The largest absolute Gasteiger partial charge is 0.308 e. The van der Waals surface area contributed by atoms with Crippen LogP contribution in [0.3, 0.4) is 0 Å². The topological polar surface area (TPSA) is 28.2 Å². The number of rotatable bonds is 6. The Kier molecular flexibility index (Phi) is 3.95. The molecule has 0 aromatic carbocycles. The van der Waals surface area contributed by atoms with E-state index in [4.69, 9.17) is 0 Å². The van der Waals surface area contributed by atoms with Gasteiger partial charge in [0.1, 0.15) is 0 Å². The van der Waals surface area contributed by atoms with Gasteiger partial charge in [-0.25, -0.2) is 0 Å². The Balaban J connectivity index is 1.74. The van der Waals surface area contributed by atoms with E-state index in [-0.39, 0.29) is 0 Å². The first-order valence-corrected chi connectivity index (χ1v) is 6.90. The molecule has 1 N–H and O–H groups in total. The minimum Gasteiger partial charge on any atom is -0.308 e. The van der Waals surface area contributed by atoms with E-state index >= 15 is 0 Å². The van der Waals surface area contributed by atoms with Gasteiger partial charge >= 0.3 is 0 Å². The Morgan fingerprint density at radius 3 is 2.88 bits per heavy atom. The lowest BCUT2D eigenvalue weighted by Gasteiger charge is -2.26. The van der Waals surface area contributed by atoms with E-state index in [9.17, 15) is 0 Å². The Hall–Kier alpha value is -0.450. The Bertz CT molecular complexity index is 308. The summed E-state index contributed by atoms with van der Waals surface area (Å²) < 4.78 is 0. The maximum atomic E-state index is 4.11. The molecule has 90 valence electrons. The van der Waals surface area contributed by atoms with Crippen molar-refractivity contribution < 1.29 is 0 Å². The summed E-state index contributed by atoms with van der Waals surface area (Å²) in [7, 11) is 2.24. The van der Waals surface area contributed by atoms with E-state index in [1.165, 1.54) is 17.7 Å². The molecular formula is C12H21N3S. The molecule has 1 aliphatic carbocycles. The monoisotopic (exact) mass is 239 g/mol. The zero-order valence-corrected chi connectivity index (χ0v) is 11.1. The first-order chi connectivity index (χ1) is 7.68. The van der Waals surface area contributed by atoms with Crippen LogP contribution in [0, 0.1) is 0 Å². The molecule has 0 spiro atoms. The third-order valence-corrected chi connectivity index (χ3v) is 4.37. The number of likely N-dealkylation sites (N-methyl/N-ethyl adjacent to an activating group) is 1. The number of thiazole rings is 1. The molecular weight excluding hydrogens is 218 g/mol. The molecule has 3 nitrogen and oxygen atoms in total. The van der Waals surface area contributed by atoms with Gasteiger partial charge in [-0.3, -0.25) is 9.88 Å². The fourth-order valence-electron chi connectivity index (χ4n) is 1.87. The summed E-state index contributed by atoms with van der Waals surface area (Å²) in [4.78, 5) is 7.92. The van der Waals surface area contributed by atoms with Gasteiger partial charge in [0.2, 0.25) is 0 Å². The first kappa shape index (κ1) is 12.0. The quantitative estimate of drug-likeness (QED) is 0.825. The van der Waals surface area contributed by atoms with Gasteiger partial charge in [-0.05, 0) is 33.7 Å². The summed E-state index contributed by atoms with van der Waals surface area (Å²) in [6, 6.07) is 1.88. The van der Waals surface area contributed by atoms with Crippen molar-refractivity contribution in [1.29, 1.82) is 0 Å². The second-order valence-electron chi connectivity index (χ2n) is 4.78. The molecule has 1 fully saturated rings. The predicted molar refractivity (Wildman–Crippen MR) is 68.8 cm³/mol. The number of nitrogens with zero attached hydrogens (tertiary/aromatic N) is 2. The molecule has 1 saturated carbocycles. The third-order valence-electron chi connectivity index (χ3n) is 3.42. The molecule has 0 amide bonds. The van der Waals surface area contributed by atoms with Crippen molar-refractivity contribution in [2.75, 3.05) is 13.6 Å². The molecule has 1 aliphatic rings. The zero-order chi connectivity index (χ0) is 11.5. The van der Waals surface area contributed by atoms with Crippen LogP contribution in [0.4, 0.5) is 0 Å². The highest BCUT2D eigenvalue weighted by Crippen LogP contribution is 2.27. The highest BCUT2D eigenvalue weighted by Gasteiger charge is 2.29. The van der Waals surface area contributed by atoms with Crippen LogP contribution >= 0.6 is 11.3 Å². The van der Waals surface area contributed by atoms with Crippen molar-refractivity contribution >= 4 is 11.3 Å². The average Bonchev–Trinajstić information content (AvgIpc) is 2.99.